The molecule has 1 aliphatic carbocycles. The maximum atomic E-state index is 12.6. The highest BCUT2D eigenvalue weighted by Gasteiger charge is 2.41. The van der Waals surface area contributed by atoms with Gasteiger partial charge in [0.05, 0.1) is 17.4 Å². The third-order valence-electron chi connectivity index (χ3n) is 4.48. The number of nitrogens with zero attached hydrogens (tertiary/aromatic N) is 1. The molecule has 1 aromatic carbocycles. The van der Waals surface area contributed by atoms with E-state index in [1.165, 1.54) is 18.2 Å². The molecule has 0 amide bonds. The summed E-state index contributed by atoms with van der Waals surface area (Å²) in [5, 5.41) is 11.2. The molecule has 0 bridgehead atoms. The lowest BCUT2D eigenvalue weighted by atomic mass is 9.77. The number of carbonyl (C=O) groups is 2. The Morgan fingerprint density at radius 3 is 2.85 bits per heavy atom. The molecule has 1 atom stereocenters. The number of benzene rings is 1. The fraction of sp³-hybridized carbons (Fsp3) is 0.333. The predicted octanol–water partition coefficient (Wildman–Crippen LogP) is 3.10. The number of carbonyl (C=O) groups excluding carboxylic acids is 2. The van der Waals surface area contributed by atoms with E-state index in [0.717, 1.165) is 0 Å². The molecule has 2 N–H and O–H groups in total. The summed E-state index contributed by atoms with van der Waals surface area (Å²) in [6, 6.07) is 4.14. The number of nitrogens with two attached hydrogens (primary N) is 1. The molecular weight excluding hydrogens is 376 g/mol. The third-order valence-corrected chi connectivity index (χ3v) is 4.80. The molecule has 0 radical (unpaired) electrons. The van der Waals surface area contributed by atoms with E-state index in [0.29, 0.717) is 30.6 Å². The van der Waals surface area contributed by atoms with Crippen LogP contribution in [-0.2, 0) is 19.1 Å². The summed E-state index contributed by atoms with van der Waals surface area (Å²) in [6.07, 6.45) is 1.39. The number of halogens is 1. The minimum Gasteiger partial charge on any atom is -0.462 e. The lowest BCUT2D eigenvalue weighted by Gasteiger charge is -2.32. The molecule has 27 heavy (non-hydrogen) atoms. The molecule has 0 fully saturated rings. The van der Waals surface area contributed by atoms with Gasteiger partial charge in [0.1, 0.15) is 16.4 Å². The number of Topliss-reactive ketones (excluding diaryl/α,β-unsaturated/α-hetero) is 1. The molecule has 1 aromatic rings. The van der Waals surface area contributed by atoms with Crippen molar-refractivity contribution >= 4 is 29.0 Å². The second kappa shape index (κ2) is 7.40. The van der Waals surface area contributed by atoms with Gasteiger partial charge in [-0.25, -0.2) is 4.79 Å². The summed E-state index contributed by atoms with van der Waals surface area (Å²) in [5.41, 5.74) is 6.24. The zero-order valence-electron chi connectivity index (χ0n) is 14.5. The van der Waals surface area contributed by atoms with Gasteiger partial charge in [0.2, 0.25) is 5.88 Å². The van der Waals surface area contributed by atoms with Crippen molar-refractivity contribution in [3.63, 3.8) is 0 Å². The van der Waals surface area contributed by atoms with E-state index in [9.17, 15) is 19.7 Å². The van der Waals surface area contributed by atoms with Crippen LogP contribution in [0, 0.1) is 10.1 Å². The summed E-state index contributed by atoms with van der Waals surface area (Å²) in [4.78, 5) is 35.8. The monoisotopic (exact) mass is 392 g/mol. The average Bonchev–Trinajstić information content (AvgIpc) is 2.61. The number of nitro benzene ring substituents is 1. The van der Waals surface area contributed by atoms with Crippen LogP contribution in [0.1, 0.15) is 37.7 Å². The molecule has 1 heterocycles. The maximum Gasteiger partial charge on any atom is 0.340 e. The summed E-state index contributed by atoms with van der Waals surface area (Å²) >= 11 is 5.90. The topological polar surface area (TPSA) is 122 Å². The van der Waals surface area contributed by atoms with Crippen molar-refractivity contribution in [1.82, 2.24) is 0 Å². The zero-order valence-corrected chi connectivity index (χ0v) is 15.2. The Kier molecular flexibility index (Phi) is 5.18. The van der Waals surface area contributed by atoms with Gasteiger partial charge in [-0.2, -0.15) is 0 Å². The summed E-state index contributed by atoms with van der Waals surface area (Å²) < 4.78 is 10.6. The van der Waals surface area contributed by atoms with E-state index in [2.05, 4.69) is 0 Å². The number of ether oxygens (including phenoxy) is 2. The SMILES string of the molecule is CCOC(=O)C1=C(N)OC2=C(C(=O)CCC2)[C@@H]1c1ccc(Cl)c([N+](=O)[O-])c1. The standard InChI is InChI=1S/C18H17ClN2O6/c1-2-26-18(23)16-14(9-6-7-10(19)11(8-9)21(24)25)15-12(22)4-3-5-13(15)27-17(16)20/h6-8,14H,2-5,20H2,1H3/t14-/m0/s1. The van der Waals surface area contributed by atoms with Crippen molar-refractivity contribution < 1.29 is 24.0 Å². The van der Waals surface area contributed by atoms with Crippen LogP contribution in [0.4, 0.5) is 5.69 Å². The molecule has 1 aliphatic heterocycles. The highest BCUT2D eigenvalue weighted by Crippen LogP contribution is 2.45. The van der Waals surface area contributed by atoms with E-state index >= 15 is 0 Å². The van der Waals surface area contributed by atoms with E-state index in [1.54, 1.807) is 6.92 Å². The van der Waals surface area contributed by atoms with Crippen molar-refractivity contribution in [1.29, 1.82) is 0 Å². The first-order chi connectivity index (χ1) is 12.8. The van der Waals surface area contributed by atoms with Crippen LogP contribution >= 0.6 is 11.6 Å². The summed E-state index contributed by atoms with van der Waals surface area (Å²) in [7, 11) is 0. The molecule has 9 heteroatoms. The number of esters is 1. The van der Waals surface area contributed by atoms with E-state index in [1.807, 2.05) is 0 Å². The molecular formula is C18H17ClN2O6. The molecule has 0 spiro atoms. The summed E-state index contributed by atoms with van der Waals surface area (Å²) in [6.45, 7) is 1.74. The van der Waals surface area contributed by atoms with Crippen molar-refractivity contribution in [2.24, 2.45) is 5.73 Å². The zero-order chi connectivity index (χ0) is 19.7. The van der Waals surface area contributed by atoms with Crippen LogP contribution in [0.2, 0.25) is 5.02 Å². The van der Waals surface area contributed by atoms with Gasteiger partial charge in [-0.05, 0) is 25.0 Å². The Labute approximate surface area is 159 Å². The Morgan fingerprint density at radius 2 is 2.19 bits per heavy atom. The van der Waals surface area contributed by atoms with Crippen LogP contribution in [0.15, 0.2) is 41.0 Å². The van der Waals surface area contributed by atoms with Gasteiger partial charge in [0, 0.05) is 24.5 Å². The maximum absolute atomic E-state index is 12.6. The highest BCUT2D eigenvalue weighted by atomic mass is 35.5. The number of nitro groups is 1. The third kappa shape index (κ3) is 3.40. The Hall–Kier alpha value is -2.87. The van der Waals surface area contributed by atoms with Crippen molar-refractivity contribution in [2.45, 2.75) is 32.1 Å². The number of ketones is 1. The Morgan fingerprint density at radius 1 is 1.44 bits per heavy atom. The van der Waals surface area contributed by atoms with E-state index in [-0.39, 0.29) is 40.1 Å². The summed E-state index contributed by atoms with van der Waals surface area (Å²) in [5.74, 6) is -1.60. The predicted molar refractivity (Wildman–Crippen MR) is 95.7 cm³/mol. The first kappa shape index (κ1) is 18.9. The van der Waals surface area contributed by atoms with Crippen LogP contribution in [0.3, 0.4) is 0 Å². The molecule has 0 aromatic heterocycles. The molecule has 0 saturated heterocycles. The number of allylic oxidation sites excluding steroid dienone is 2. The Balaban J connectivity index is 2.21. The van der Waals surface area contributed by atoms with Gasteiger partial charge in [0.25, 0.3) is 5.69 Å². The molecule has 142 valence electrons. The van der Waals surface area contributed by atoms with Gasteiger partial charge < -0.3 is 15.2 Å². The molecule has 2 aliphatic rings. The van der Waals surface area contributed by atoms with E-state index < -0.39 is 16.8 Å². The minimum atomic E-state index is -0.906. The van der Waals surface area contributed by atoms with Gasteiger partial charge in [-0.3, -0.25) is 14.9 Å². The highest BCUT2D eigenvalue weighted by molar-refractivity contribution is 6.32. The quantitative estimate of drug-likeness (QED) is 0.474. The van der Waals surface area contributed by atoms with Crippen molar-refractivity contribution in [3.05, 3.63) is 61.7 Å². The number of hydrogen-bond acceptors (Lipinski definition) is 7. The minimum absolute atomic E-state index is 0.0394. The van der Waals surface area contributed by atoms with Crippen LogP contribution in [-0.4, -0.2) is 23.3 Å². The smallest absolute Gasteiger partial charge is 0.340 e. The molecule has 3 rings (SSSR count). The van der Waals surface area contributed by atoms with Gasteiger partial charge in [-0.1, -0.05) is 17.7 Å². The largest absolute Gasteiger partial charge is 0.462 e. The van der Waals surface area contributed by atoms with E-state index in [4.69, 9.17) is 26.8 Å². The fourth-order valence-corrected chi connectivity index (χ4v) is 3.53. The molecule has 8 nitrogen and oxygen atoms in total. The second-order valence-electron chi connectivity index (χ2n) is 6.12. The fourth-order valence-electron chi connectivity index (χ4n) is 3.35. The second-order valence-corrected chi connectivity index (χ2v) is 6.52. The molecule has 0 saturated carbocycles. The molecule has 0 unspecified atom stereocenters. The van der Waals surface area contributed by atoms with Crippen molar-refractivity contribution in [2.75, 3.05) is 6.61 Å². The van der Waals surface area contributed by atoms with Crippen LogP contribution in [0.25, 0.3) is 0 Å². The normalized spacial score (nSPS) is 19.5. The van der Waals surface area contributed by atoms with Gasteiger partial charge in [0.15, 0.2) is 5.78 Å². The number of rotatable bonds is 4. The first-order valence-corrected chi connectivity index (χ1v) is 8.77. The van der Waals surface area contributed by atoms with Crippen LogP contribution in [0.5, 0.6) is 0 Å². The average molecular weight is 393 g/mol. The van der Waals surface area contributed by atoms with Gasteiger partial charge >= 0.3 is 5.97 Å². The van der Waals surface area contributed by atoms with Crippen molar-refractivity contribution in [3.8, 4) is 0 Å². The first-order valence-electron chi connectivity index (χ1n) is 8.39. The number of hydrogen-bond donors (Lipinski definition) is 1. The Bertz CT molecular complexity index is 905. The lowest BCUT2D eigenvalue weighted by molar-refractivity contribution is -0.384. The van der Waals surface area contributed by atoms with Gasteiger partial charge in [-0.15, -0.1) is 0 Å². The lowest BCUT2D eigenvalue weighted by Crippen LogP contribution is -2.31. The van der Waals surface area contributed by atoms with Crippen LogP contribution < -0.4 is 5.73 Å².